The van der Waals surface area contributed by atoms with E-state index in [2.05, 4.69) is 44.8 Å². The number of phenols is 1. The normalized spacial score (nSPS) is 14.7. The van der Waals surface area contributed by atoms with Crippen LogP contribution in [0.2, 0.25) is 0 Å². The SMILES string of the molecule is CCNC(=NCCCn1nc(C)cc1C)N1CCN(c2ccccc2O)CC1.I. The van der Waals surface area contributed by atoms with E-state index in [0.29, 0.717) is 5.75 Å². The number of para-hydroxylation sites is 2. The Bertz CT molecular complexity index is 798. The van der Waals surface area contributed by atoms with Crippen LogP contribution in [0, 0.1) is 13.8 Å². The maximum absolute atomic E-state index is 10.1. The smallest absolute Gasteiger partial charge is 0.194 e. The zero-order valence-corrected chi connectivity index (χ0v) is 20.0. The summed E-state index contributed by atoms with van der Waals surface area (Å²) in [4.78, 5) is 9.37. The predicted molar refractivity (Wildman–Crippen MR) is 130 cm³/mol. The monoisotopic (exact) mass is 512 g/mol. The lowest BCUT2D eigenvalue weighted by molar-refractivity contribution is 0.369. The fraction of sp³-hybridized carbons (Fsp3) is 0.524. The topological polar surface area (TPSA) is 68.9 Å². The third-order valence-electron chi connectivity index (χ3n) is 5.03. The molecule has 7 nitrogen and oxygen atoms in total. The van der Waals surface area contributed by atoms with Crippen molar-refractivity contribution in [2.75, 3.05) is 44.2 Å². The Balaban J connectivity index is 0.00000300. The molecular weight excluding hydrogens is 479 g/mol. The number of piperazine rings is 1. The molecule has 1 aromatic heterocycles. The molecule has 2 N–H and O–H groups in total. The van der Waals surface area contributed by atoms with Crippen molar-refractivity contribution in [3.05, 3.63) is 41.7 Å². The number of hydrogen-bond acceptors (Lipinski definition) is 4. The van der Waals surface area contributed by atoms with Gasteiger partial charge in [0.25, 0.3) is 0 Å². The Morgan fingerprint density at radius 2 is 1.90 bits per heavy atom. The van der Waals surface area contributed by atoms with E-state index in [4.69, 9.17) is 4.99 Å². The second-order valence-corrected chi connectivity index (χ2v) is 7.20. The van der Waals surface area contributed by atoms with E-state index in [-0.39, 0.29) is 24.0 Å². The number of hydrogen-bond donors (Lipinski definition) is 2. The number of aromatic hydroxyl groups is 1. The predicted octanol–water partition coefficient (Wildman–Crippen LogP) is 3.00. The quantitative estimate of drug-likeness (QED) is 0.270. The van der Waals surface area contributed by atoms with E-state index in [9.17, 15) is 5.11 Å². The zero-order chi connectivity index (χ0) is 19.9. The summed E-state index contributed by atoms with van der Waals surface area (Å²) >= 11 is 0. The molecule has 0 aliphatic carbocycles. The van der Waals surface area contributed by atoms with Crippen molar-refractivity contribution in [3.8, 4) is 5.75 Å². The summed E-state index contributed by atoms with van der Waals surface area (Å²) in [6, 6.07) is 9.66. The number of benzene rings is 1. The summed E-state index contributed by atoms with van der Waals surface area (Å²) in [5, 5.41) is 18.0. The number of aromatic nitrogens is 2. The van der Waals surface area contributed by atoms with Crippen molar-refractivity contribution in [2.24, 2.45) is 4.99 Å². The number of nitrogens with one attached hydrogen (secondary N) is 1. The molecule has 8 heteroatoms. The third kappa shape index (κ3) is 6.25. The van der Waals surface area contributed by atoms with Gasteiger partial charge in [0, 0.05) is 51.5 Å². The minimum Gasteiger partial charge on any atom is -0.506 e. The van der Waals surface area contributed by atoms with E-state index < -0.39 is 0 Å². The van der Waals surface area contributed by atoms with Gasteiger partial charge >= 0.3 is 0 Å². The van der Waals surface area contributed by atoms with Crippen LogP contribution in [-0.4, -0.2) is 65.0 Å². The average Bonchev–Trinajstić information content (AvgIpc) is 3.02. The molecule has 0 radical (unpaired) electrons. The van der Waals surface area contributed by atoms with Gasteiger partial charge in [-0.3, -0.25) is 9.67 Å². The van der Waals surface area contributed by atoms with Crippen molar-refractivity contribution in [2.45, 2.75) is 33.7 Å². The Morgan fingerprint density at radius 3 is 2.52 bits per heavy atom. The fourth-order valence-electron chi connectivity index (χ4n) is 3.62. The number of phenolic OH excluding ortho intramolecular Hbond substituents is 1. The molecule has 160 valence electrons. The molecule has 0 unspecified atom stereocenters. The van der Waals surface area contributed by atoms with Crippen LogP contribution < -0.4 is 10.2 Å². The first-order valence-corrected chi connectivity index (χ1v) is 10.2. The van der Waals surface area contributed by atoms with Gasteiger partial charge in [0.15, 0.2) is 5.96 Å². The highest BCUT2D eigenvalue weighted by atomic mass is 127. The molecule has 1 aliphatic rings. The van der Waals surface area contributed by atoms with Gasteiger partial charge in [0.2, 0.25) is 0 Å². The van der Waals surface area contributed by atoms with Crippen molar-refractivity contribution >= 4 is 35.6 Å². The van der Waals surface area contributed by atoms with E-state index in [0.717, 1.165) is 69.6 Å². The molecule has 0 bridgehead atoms. The number of halogens is 1. The first-order valence-electron chi connectivity index (χ1n) is 10.2. The van der Waals surface area contributed by atoms with E-state index in [1.54, 1.807) is 6.07 Å². The van der Waals surface area contributed by atoms with Crippen LogP contribution in [0.5, 0.6) is 5.75 Å². The lowest BCUT2D eigenvalue weighted by Gasteiger charge is -2.37. The van der Waals surface area contributed by atoms with E-state index in [1.807, 2.05) is 25.1 Å². The summed E-state index contributed by atoms with van der Waals surface area (Å²) in [7, 11) is 0. The molecule has 1 aliphatic heterocycles. The highest BCUT2D eigenvalue weighted by Gasteiger charge is 2.21. The Labute approximate surface area is 190 Å². The number of aliphatic imine (C=N–C) groups is 1. The number of rotatable bonds is 6. The van der Waals surface area contributed by atoms with Gasteiger partial charge in [-0.1, -0.05) is 12.1 Å². The maximum atomic E-state index is 10.1. The van der Waals surface area contributed by atoms with Crippen molar-refractivity contribution in [3.63, 3.8) is 0 Å². The van der Waals surface area contributed by atoms with Gasteiger partial charge in [-0.05, 0) is 45.4 Å². The molecule has 0 atom stereocenters. The third-order valence-corrected chi connectivity index (χ3v) is 5.03. The molecule has 0 amide bonds. The molecule has 29 heavy (non-hydrogen) atoms. The number of guanidine groups is 1. The Kier molecular flexibility index (Phi) is 9.06. The Morgan fingerprint density at radius 1 is 1.17 bits per heavy atom. The lowest BCUT2D eigenvalue weighted by Crippen LogP contribution is -2.52. The Hall–Kier alpha value is -1.97. The van der Waals surface area contributed by atoms with Crippen LogP contribution in [-0.2, 0) is 6.54 Å². The second-order valence-electron chi connectivity index (χ2n) is 7.20. The average molecular weight is 512 g/mol. The second kappa shape index (κ2) is 11.3. The molecular formula is C21H33IN6O. The number of nitrogens with zero attached hydrogens (tertiary/aromatic N) is 5. The van der Waals surface area contributed by atoms with E-state index >= 15 is 0 Å². The summed E-state index contributed by atoms with van der Waals surface area (Å²) in [6.45, 7) is 12.3. The molecule has 1 saturated heterocycles. The zero-order valence-electron chi connectivity index (χ0n) is 17.6. The molecule has 1 aromatic carbocycles. The molecule has 0 spiro atoms. The van der Waals surface area contributed by atoms with Crippen LogP contribution >= 0.6 is 24.0 Å². The first kappa shape index (κ1) is 23.3. The van der Waals surface area contributed by atoms with Crippen LogP contribution in [0.4, 0.5) is 5.69 Å². The minimum atomic E-state index is 0. The highest BCUT2D eigenvalue weighted by Crippen LogP contribution is 2.27. The molecule has 2 heterocycles. The van der Waals surface area contributed by atoms with Crippen LogP contribution in [0.15, 0.2) is 35.3 Å². The molecule has 3 rings (SSSR count). The summed E-state index contributed by atoms with van der Waals surface area (Å²) in [5.74, 6) is 1.33. The first-order chi connectivity index (χ1) is 13.6. The fourth-order valence-corrected chi connectivity index (χ4v) is 3.62. The summed E-state index contributed by atoms with van der Waals surface area (Å²) < 4.78 is 2.06. The van der Waals surface area contributed by atoms with Crippen LogP contribution in [0.25, 0.3) is 0 Å². The standard InChI is InChI=1S/C21H32N6O.HI/c1-4-22-21(23-10-7-11-27-18(3)16-17(2)24-27)26-14-12-25(13-15-26)19-8-5-6-9-20(19)28;/h5-6,8-9,16,28H,4,7,10-15H2,1-3H3,(H,22,23);1H. The van der Waals surface area contributed by atoms with Gasteiger partial charge in [-0.15, -0.1) is 24.0 Å². The summed E-state index contributed by atoms with van der Waals surface area (Å²) in [6.07, 6.45) is 0.967. The minimum absolute atomic E-state index is 0. The van der Waals surface area contributed by atoms with Crippen molar-refractivity contribution < 1.29 is 5.11 Å². The molecule has 2 aromatic rings. The number of aryl methyl sites for hydroxylation is 3. The van der Waals surface area contributed by atoms with Gasteiger partial charge in [-0.2, -0.15) is 5.10 Å². The largest absolute Gasteiger partial charge is 0.506 e. The van der Waals surface area contributed by atoms with Gasteiger partial charge in [0.1, 0.15) is 5.75 Å². The van der Waals surface area contributed by atoms with Gasteiger partial charge in [0.05, 0.1) is 11.4 Å². The van der Waals surface area contributed by atoms with Crippen LogP contribution in [0.1, 0.15) is 24.7 Å². The maximum Gasteiger partial charge on any atom is 0.194 e. The van der Waals surface area contributed by atoms with Gasteiger partial charge in [-0.25, -0.2) is 0 Å². The van der Waals surface area contributed by atoms with Crippen molar-refractivity contribution in [1.82, 2.24) is 20.0 Å². The van der Waals surface area contributed by atoms with E-state index in [1.165, 1.54) is 5.69 Å². The van der Waals surface area contributed by atoms with Crippen LogP contribution in [0.3, 0.4) is 0 Å². The van der Waals surface area contributed by atoms with Crippen molar-refractivity contribution in [1.29, 1.82) is 0 Å². The lowest BCUT2D eigenvalue weighted by atomic mass is 10.2. The number of anilines is 1. The van der Waals surface area contributed by atoms with Gasteiger partial charge < -0.3 is 20.2 Å². The highest BCUT2D eigenvalue weighted by molar-refractivity contribution is 14.0. The molecule has 0 saturated carbocycles. The molecule has 1 fully saturated rings. The summed E-state index contributed by atoms with van der Waals surface area (Å²) in [5.41, 5.74) is 3.18.